The van der Waals surface area contributed by atoms with Gasteiger partial charge in [0.1, 0.15) is 5.92 Å². The Morgan fingerprint density at radius 1 is 1.58 bits per heavy atom. The van der Waals surface area contributed by atoms with Crippen LogP contribution < -0.4 is 0 Å². The third-order valence-electron chi connectivity index (χ3n) is 3.18. The molecule has 0 spiro atoms. The maximum Gasteiger partial charge on any atom is 0.326 e. The second kappa shape index (κ2) is 4.38. The van der Waals surface area contributed by atoms with Crippen LogP contribution in [-0.4, -0.2) is 34.3 Å². The Labute approximate surface area is 109 Å². The third-order valence-corrected chi connectivity index (χ3v) is 3.18. The van der Waals surface area contributed by atoms with Crippen LogP contribution in [-0.2, 0) is 14.4 Å². The second-order valence-electron chi connectivity index (χ2n) is 4.25. The van der Waals surface area contributed by atoms with Gasteiger partial charge in [0.05, 0.1) is 12.3 Å². The van der Waals surface area contributed by atoms with E-state index in [2.05, 4.69) is 4.98 Å². The van der Waals surface area contributed by atoms with Crippen LogP contribution >= 0.6 is 0 Å². The Hall–Kier alpha value is -2.37. The topological polar surface area (TPSA) is 74.5 Å². The van der Waals surface area contributed by atoms with Crippen LogP contribution in [0.15, 0.2) is 24.4 Å². The normalized spacial score (nSPS) is 23.6. The molecule has 0 saturated heterocycles. The molecule has 0 saturated carbocycles. The molecule has 2 heterocycles. The van der Waals surface area contributed by atoms with Crippen LogP contribution in [0.5, 0.6) is 0 Å². The van der Waals surface area contributed by atoms with Gasteiger partial charge in [0.15, 0.2) is 6.10 Å². The van der Waals surface area contributed by atoms with Crippen molar-refractivity contribution in [2.45, 2.75) is 18.9 Å². The minimum absolute atomic E-state index is 0.245. The molecule has 1 aliphatic heterocycles. The lowest BCUT2D eigenvalue weighted by molar-refractivity contribution is -0.737. The highest BCUT2D eigenvalue weighted by atomic mass is 16.9. The number of hydrogen-bond acceptors (Lipinski definition) is 5. The van der Waals surface area contributed by atoms with E-state index in [1.807, 2.05) is 6.07 Å². The molecule has 1 aliphatic carbocycles. The number of esters is 1. The molecule has 0 bridgehead atoms. The first-order chi connectivity index (χ1) is 9.22. The average molecular weight is 260 g/mol. The standard InChI is InChI=1S/C13H12N2O4/c1-2-18-13(16)12-11-8-4-3-7-14-9(8)5-6-10(11)15(17)19-12/h3-7,11-12H,2H2,1H3. The summed E-state index contributed by atoms with van der Waals surface area (Å²) in [6.45, 7) is 1.96. The van der Waals surface area contributed by atoms with Crippen molar-refractivity contribution in [1.82, 2.24) is 4.98 Å². The fraction of sp³-hybridized carbons (Fsp3) is 0.308. The van der Waals surface area contributed by atoms with Gasteiger partial charge in [0.25, 0.3) is 5.71 Å². The molecule has 1 aromatic heterocycles. The molecule has 0 amide bonds. The first kappa shape index (κ1) is 11.7. The number of fused-ring (bicyclic) bond motifs is 3. The summed E-state index contributed by atoms with van der Waals surface area (Å²) in [6, 6.07) is 3.61. The number of rotatable bonds is 2. The first-order valence-corrected chi connectivity index (χ1v) is 6.03. The predicted molar refractivity (Wildman–Crippen MR) is 66.2 cm³/mol. The van der Waals surface area contributed by atoms with Crippen LogP contribution in [0.1, 0.15) is 24.1 Å². The van der Waals surface area contributed by atoms with Gasteiger partial charge in [0.2, 0.25) is 0 Å². The van der Waals surface area contributed by atoms with Crippen LogP contribution in [0.25, 0.3) is 6.08 Å². The van der Waals surface area contributed by atoms with E-state index in [0.29, 0.717) is 10.6 Å². The molecule has 6 heteroatoms. The fourth-order valence-electron chi connectivity index (χ4n) is 2.38. The summed E-state index contributed by atoms with van der Waals surface area (Å²) in [5, 5.41) is 11.7. The molecule has 98 valence electrons. The Bertz CT molecular complexity index is 594. The van der Waals surface area contributed by atoms with Crippen LogP contribution in [0.4, 0.5) is 0 Å². The van der Waals surface area contributed by atoms with Crippen molar-refractivity contribution >= 4 is 17.8 Å². The molecule has 0 fully saturated rings. The number of nitrogens with zero attached hydrogens (tertiary/aromatic N) is 2. The fourth-order valence-corrected chi connectivity index (χ4v) is 2.38. The van der Waals surface area contributed by atoms with E-state index < -0.39 is 18.0 Å². The van der Waals surface area contributed by atoms with Gasteiger partial charge in [-0.1, -0.05) is 6.07 Å². The smallest absolute Gasteiger partial charge is 0.326 e. The highest BCUT2D eigenvalue weighted by Crippen LogP contribution is 2.35. The van der Waals surface area contributed by atoms with E-state index in [4.69, 9.17) is 9.57 Å². The third kappa shape index (κ3) is 1.76. The molecule has 0 aromatic carbocycles. The zero-order valence-electron chi connectivity index (χ0n) is 10.3. The lowest BCUT2D eigenvalue weighted by atomic mass is 9.84. The summed E-state index contributed by atoms with van der Waals surface area (Å²) in [4.78, 5) is 21.6. The van der Waals surface area contributed by atoms with E-state index in [9.17, 15) is 10.0 Å². The zero-order valence-corrected chi connectivity index (χ0v) is 10.3. The van der Waals surface area contributed by atoms with Gasteiger partial charge in [-0.25, -0.2) is 0 Å². The minimum Gasteiger partial charge on any atom is -0.465 e. The highest BCUT2D eigenvalue weighted by Gasteiger charge is 2.46. The molecular formula is C13H12N2O4. The molecule has 2 unspecified atom stereocenters. The number of ether oxygens (including phenoxy) is 1. The number of carbonyl (C=O) groups is 1. The second-order valence-corrected chi connectivity index (χ2v) is 4.25. The minimum atomic E-state index is -0.944. The van der Waals surface area contributed by atoms with E-state index in [0.717, 1.165) is 11.3 Å². The Morgan fingerprint density at radius 3 is 3.21 bits per heavy atom. The van der Waals surface area contributed by atoms with Gasteiger partial charge in [-0.05, 0) is 24.6 Å². The van der Waals surface area contributed by atoms with Gasteiger partial charge in [0, 0.05) is 17.2 Å². The van der Waals surface area contributed by atoms with Gasteiger partial charge >= 0.3 is 5.97 Å². The van der Waals surface area contributed by atoms with Crippen LogP contribution in [0.2, 0.25) is 0 Å². The van der Waals surface area contributed by atoms with E-state index >= 15 is 0 Å². The van der Waals surface area contributed by atoms with Crippen molar-refractivity contribution < 1.29 is 19.3 Å². The molecule has 0 radical (unpaired) electrons. The summed E-state index contributed by atoms with van der Waals surface area (Å²) < 4.78 is 4.95. The van der Waals surface area contributed by atoms with Crippen LogP contribution in [0, 0.1) is 5.21 Å². The van der Waals surface area contributed by atoms with Crippen molar-refractivity contribution in [3.05, 3.63) is 40.9 Å². The summed E-state index contributed by atoms with van der Waals surface area (Å²) >= 11 is 0. The molecule has 19 heavy (non-hydrogen) atoms. The van der Waals surface area contributed by atoms with E-state index in [1.54, 1.807) is 31.3 Å². The number of allylic oxidation sites excluding steroid dienone is 1. The zero-order chi connectivity index (χ0) is 13.4. The van der Waals surface area contributed by atoms with Crippen LogP contribution in [0.3, 0.4) is 0 Å². The van der Waals surface area contributed by atoms with E-state index in [1.165, 1.54) is 0 Å². The lowest BCUT2D eigenvalue weighted by Gasteiger charge is -2.20. The SMILES string of the molecule is CCOC(=O)C1O[N+]([O-])=C2C=Cc3ncccc3C21. The maximum atomic E-state index is 11.9. The largest absolute Gasteiger partial charge is 0.465 e. The Kier molecular flexibility index (Phi) is 2.70. The van der Waals surface area contributed by atoms with Crippen molar-refractivity contribution in [2.24, 2.45) is 0 Å². The Morgan fingerprint density at radius 2 is 2.42 bits per heavy atom. The summed E-state index contributed by atoms with van der Waals surface area (Å²) in [6.07, 6.45) is 4.09. The molecular weight excluding hydrogens is 248 g/mol. The maximum absolute atomic E-state index is 11.9. The highest BCUT2D eigenvalue weighted by molar-refractivity contribution is 6.05. The van der Waals surface area contributed by atoms with Crippen molar-refractivity contribution in [2.75, 3.05) is 6.61 Å². The number of pyridine rings is 1. The van der Waals surface area contributed by atoms with E-state index in [-0.39, 0.29) is 6.61 Å². The first-order valence-electron chi connectivity index (χ1n) is 6.03. The number of carbonyl (C=O) groups excluding carboxylic acids is 1. The van der Waals surface area contributed by atoms with Crippen molar-refractivity contribution in [1.29, 1.82) is 0 Å². The average Bonchev–Trinajstić information content (AvgIpc) is 2.77. The molecule has 1 aromatic rings. The quantitative estimate of drug-likeness (QED) is 0.586. The predicted octanol–water partition coefficient (Wildman–Crippen LogP) is 1.02. The molecule has 2 atom stereocenters. The van der Waals surface area contributed by atoms with Gasteiger partial charge in [-0.2, -0.15) is 0 Å². The van der Waals surface area contributed by atoms with Gasteiger partial charge < -0.3 is 9.57 Å². The van der Waals surface area contributed by atoms with Gasteiger partial charge in [-0.15, -0.1) is 0 Å². The monoisotopic (exact) mass is 260 g/mol. The molecule has 6 nitrogen and oxygen atoms in total. The summed E-state index contributed by atoms with van der Waals surface area (Å²) in [5.41, 5.74) is 1.94. The molecule has 0 N–H and O–H groups in total. The van der Waals surface area contributed by atoms with Crippen molar-refractivity contribution in [3.63, 3.8) is 0 Å². The lowest BCUT2D eigenvalue weighted by Crippen LogP contribution is -2.32. The van der Waals surface area contributed by atoms with Crippen molar-refractivity contribution in [3.8, 4) is 0 Å². The Balaban J connectivity index is 2.03. The van der Waals surface area contributed by atoms with Gasteiger partial charge in [-0.3, -0.25) is 15.0 Å². The summed E-state index contributed by atoms with van der Waals surface area (Å²) in [7, 11) is 0. The molecule has 3 rings (SSSR count). The summed E-state index contributed by atoms with van der Waals surface area (Å²) in [5.74, 6) is -0.987. The number of hydrogen-bond donors (Lipinski definition) is 0. The number of aromatic nitrogens is 1. The molecule has 2 aliphatic rings.